The highest BCUT2D eigenvalue weighted by atomic mass is 32.2. The predicted molar refractivity (Wildman–Crippen MR) is 93.9 cm³/mol. The number of halogens is 1. The van der Waals surface area contributed by atoms with Gasteiger partial charge in [0, 0.05) is 12.4 Å². The largest absolute Gasteiger partial charge is 0.345 e. The first kappa shape index (κ1) is 18.6. The molecule has 2 aromatic heterocycles. The van der Waals surface area contributed by atoms with Crippen LogP contribution < -0.4 is 5.32 Å². The molecule has 0 fully saturated rings. The first-order chi connectivity index (χ1) is 12.8. The fourth-order valence-corrected chi connectivity index (χ4v) is 3.41. The Morgan fingerprint density at radius 1 is 1.19 bits per heavy atom. The van der Waals surface area contributed by atoms with Crippen LogP contribution in [0.1, 0.15) is 27.4 Å². The van der Waals surface area contributed by atoms with Crippen LogP contribution in [0.4, 0.5) is 4.39 Å². The lowest BCUT2D eigenvalue weighted by atomic mass is 10.2. The average molecular weight is 389 g/mol. The number of aryl methyl sites for hydroxylation is 2. The van der Waals surface area contributed by atoms with Crippen molar-refractivity contribution in [1.29, 1.82) is 0 Å². The van der Waals surface area contributed by atoms with Crippen LogP contribution in [0.5, 0.6) is 0 Å². The van der Waals surface area contributed by atoms with E-state index in [-0.39, 0.29) is 12.2 Å². The van der Waals surface area contributed by atoms with Gasteiger partial charge < -0.3 is 5.32 Å². The molecule has 0 aliphatic carbocycles. The van der Waals surface area contributed by atoms with Gasteiger partial charge in [0.15, 0.2) is 5.69 Å². The molecule has 140 valence electrons. The number of rotatable bonds is 5. The van der Waals surface area contributed by atoms with Crippen molar-refractivity contribution in [3.8, 4) is 0 Å². The first-order valence-electron chi connectivity index (χ1n) is 7.90. The minimum Gasteiger partial charge on any atom is -0.345 e. The maximum absolute atomic E-state index is 14.0. The Morgan fingerprint density at radius 3 is 2.63 bits per heavy atom. The predicted octanol–water partition coefficient (Wildman–Crippen LogP) is 1.60. The highest BCUT2D eigenvalue weighted by molar-refractivity contribution is 7.89. The van der Waals surface area contributed by atoms with E-state index in [1.54, 1.807) is 20.0 Å². The number of hydrogen-bond donors (Lipinski definition) is 1. The van der Waals surface area contributed by atoms with Crippen molar-refractivity contribution in [3.05, 3.63) is 71.3 Å². The van der Waals surface area contributed by atoms with Crippen molar-refractivity contribution in [1.82, 2.24) is 24.5 Å². The van der Waals surface area contributed by atoms with Crippen LogP contribution >= 0.6 is 0 Å². The zero-order chi connectivity index (χ0) is 19.6. The average Bonchev–Trinajstić information content (AvgIpc) is 3.12. The van der Waals surface area contributed by atoms with Gasteiger partial charge in [-0.25, -0.2) is 4.39 Å². The standard InChI is InChI=1S/C17H16FN5O3S/c1-11-3-4-16(14(18)7-11)27(25,26)23-6-5-15(22-23)17(24)21-10-13-9-19-12(2)8-20-13/h3-9H,10H2,1-2H3,(H,21,24). The molecule has 0 aliphatic heterocycles. The lowest BCUT2D eigenvalue weighted by Crippen LogP contribution is -2.24. The van der Waals surface area contributed by atoms with E-state index in [1.807, 2.05) is 0 Å². The summed E-state index contributed by atoms with van der Waals surface area (Å²) in [4.78, 5) is 19.8. The van der Waals surface area contributed by atoms with Crippen LogP contribution in [0.25, 0.3) is 0 Å². The number of benzene rings is 1. The van der Waals surface area contributed by atoms with Crippen molar-refractivity contribution >= 4 is 15.9 Å². The van der Waals surface area contributed by atoms with Gasteiger partial charge in [0.1, 0.15) is 10.7 Å². The molecule has 0 spiro atoms. The first-order valence-corrected chi connectivity index (χ1v) is 9.34. The molecule has 0 saturated heterocycles. The summed E-state index contributed by atoms with van der Waals surface area (Å²) in [5, 5.41) is 6.33. The van der Waals surface area contributed by atoms with Gasteiger partial charge in [-0.1, -0.05) is 6.07 Å². The minimum atomic E-state index is -4.24. The van der Waals surface area contributed by atoms with Gasteiger partial charge in [0.25, 0.3) is 15.9 Å². The molecule has 1 amide bonds. The van der Waals surface area contributed by atoms with Crippen molar-refractivity contribution in [2.75, 3.05) is 0 Å². The molecule has 8 nitrogen and oxygen atoms in total. The number of carbonyl (C=O) groups is 1. The van der Waals surface area contributed by atoms with Crippen LogP contribution in [0, 0.1) is 19.7 Å². The zero-order valence-corrected chi connectivity index (χ0v) is 15.4. The molecule has 0 bridgehead atoms. The Kier molecular flexibility index (Phi) is 5.00. The second kappa shape index (κ2) is 7.23. The zero-order valence-electron chi connectivity index (χ0n) is 14.5. The van der Waals surface area contributed by atoms with Crippen molar-refractivity contribution in [2.24, 2.45) is 0 Å². The van der Waals surface area contributed by atoms with E-state index in [1.165, 1.54) is 18.3 Å². The van der Waals surface area contributed by atoms with Gasteiger partial charge in [-0.15, -0.1) is 0 Å². The monoisotopic (exact) mass is 389 g/mol. The van der Waals surface area contributed by atoms with E-state index in [4.69, 9.17) is 0 Å². The highest BCUT2D eigenvalue weighted by Crippen LogP contribution is 2.18. The molecule has 0 atom stereocenters. The molecule has 2 heterocycles. The third-order valence-corrected chi connectivity index (χ3v) is 5.26. The van der Waals surface area contributed by atoms with Gasteiger partial charge in [0.05, 0.1) is 24.1 Å². The lowest BCUT2D eigenvalue weighted by Gasteiger charge is -2.06. The maximum atomic E-state index is 14.0. The number of hydrogen-bond acceptors (Lipinski definition) is 6. The molecule has 1 N–H and O–H groups in total. The Labute approximate surface area is 155 Å². The molecule has 27 heavy (non-hydrogen) atoms. The van der Waals surface area contributed by atoms with E-state index in [2.05, 4.69) is 20.4 Å². The molecule has 3 rings (SSSR count). The summed E-state index contributed by atoms with van der Waals surface area (Å²) >= 11 is 0. The third-order valence-electron chi connectivity index (χ3n) is 3.67. The molecule has 3 aromatic rings. The van der Waals surface area contributed by atoms with Gasteiger partial charge in [-0.3, -0.25) is 14.8 Å². The van der Waals surface area contributed by atoms with Crippen molar-refractivity contribution in [2.45, 2.75) is 25.3 Å². The quantitative estimate of drug-likeness (QED) is 0.710. The number of amides is 1. The van der Waals surface area contributed by atoms with Crippen LogP contribution in [0.3, 0.4) is 0 Å². The number of carbonyl (C=O) groups excluding carboxylic acids is 1. The Morgan fingerprint density at radius 2 is 1.96 bits per heavy atom. The van der Waals surface area contributed by atoms with Gasteiger partial charge in [-0.2, -0.15) is 17.6 Å². The molecular formula is C17H16FN5O3S. The number of aromatic nitrogens is 4. The molecule has 1 aromatic carbocycles. The van der Waals surface area contributed by atoms with E-state index < -0.39 is 26.6 Å². The SMILES string of the molecule is Cc1ccc(S(=O)(=O)n2ccc(C(=O)NCc3cnc(C)cn3)n2)c(F)c1. The summed E-state index contributed by atoms with van der Waals surface area (Å²) in [6.07, 6.45) is 4.19. The van der Waals surface area contributed by atoms with E-state index in [0.29, 0.717) is 15.3 Å². The van der Waals surface area contributed by atoms with E-state index in [0.717, 1.165) is 24.0 Å². The van der Waals surface area contributed by atoms with E-state index >= 15 is 0 Å². The molecule has 0 aliphatic rings. The third kappa shape index (κ3) is 4.00. The minimum absolute atomic E-state index is 0.109. The van der Waals surface area contributed by atoms with Gasteiger partial charge in [-0.05, 0) is 37.6 Å². The summed E-state index contributed by atoms with van der Waals surface area (Å²) in [5.41, 5.74) is 1.76. The second-order valence-electron chi connectivity index (χ2n) is 5.84. The highest BCUT2D eigenvalue weighted by Gasteiger charge is 2.23. The molecule has 0 radical (unpaired) electrons. The lowest BCUT2D eigenvalue weighted by molar-refractivity contribution is 0.0945. The van der Waals surface area contributed by atoms with Crippen molar-refractivity contribution < 1.29 is 17.6 Å². The number of nitrogens with one attached hydrogen (secondary N) is 1. The molecule has 0 unspecified atom stereocenters. The fraction of sp³-hybridized carbons (Fsp3) is 0.176. The van der Waals surface area contributed by atoms with Crippen LogP contribution in [0.15, 0.2) is 47.8 Å². The summed E-state index contributed by atoms with van der Waals surface area (Å²) in [6, 6.07) is 5.00. The van der Waals surface area contributed by atoms with Gasteiger partial charge in [0.2, 0.25) is 0 Å². The van der Waals surface area contributed by atoms with Crippen molar-refractivity contribution in [3.63, 3.8) is 0 Å². The molecular weight excluding hydrogens is 373 g/mol. The smallest absolute Gasteiger partial charge is 0.285 e. The van der Waals surface area contributed by atoms with Crippen LogP contribution in [-0.4, -0.2) is 33.5 Å². The Hall–Kier alpha value is -3.14. The normalized spacial score (nSPS) is 11.4. The number of nitrogens with zero attached hydrogens (tertiary/aromatic N) is 4. The Bertz CT molecular complexity index is 1090. The second-order valence-corrected chi connectivity index (χ2v) is 7.61. The maximum Gasteiger partial charge on any atom is 0.285 e. The van der Waals surface area contributed by atoms with Crippen LogP contribution in [-0.2, 0) is 16.6 Å². The summed E-state index contributed by atoms with van der Waals surface area (Å²) < 4.78 is 39.6. The fourth-order valence-electron chi connectivity index (χ4n) is 2.25. The summed E-state index contributed by atoms with van der Waals surface area (Å²) in [5.74, 6) is -1.47. The summed E-state index contributed by atoms with van der Waals surface area (Å²) in [6.45, 7) is 3.55. The molecule has 0 saturated carbocycles. The van der Waals surface area contributed by atoms with Crippen LogP contribution in [0.2, 0.25) is 0 Å². The van der Waals surface area contributed by atoms with Gasteiger partial charge >= 0.3 is 0 Å². The Balaban J connectivity index is 1.77. The van der Waals surface area contributed by atoms with E-state index in [9.17, 15) is 17.6 Å². The topological polar surface area (TPSA) is 107 Å². The molecule has 10 heteroatoms. The summed E-state index contributed by atoms with van der Waals surface area (Å²) in [7, 11) is -4.24.